The van der Waals surface area contributed by atoms with Crippen LogP contribution in [-0.2, 0) is 19.1 Å². The molecule has 1 aromatic rings. The van der Waals surface area contributed by atoms with Crippen LogP contribution in [0.25, 0.3) is 6.08 Å². The first-order valence-corrected chi connectivity index (χ1v) is 12.9. The molecule has 1 aromatic carbocycles. The van der Waals surface area contributed by atoms with Gasteiger partial charge in [0.15, 0.2) is 0 Å². The van der Waals surface area contributed by atoms with Gasteiger partial charge in [0.2, 0.25) is 17.7 Å². The maximum absolute atomic E-state index is 14.0. The average Bonchev–Trinajstić information content (AvgIpc) is 2.79. The van der Waals surface area contributed by atoms with Crippen molar-refractivity contribution in [1.82, 2.24) is 15.5 Å². The van der Waals surface area contributed by atoms with Crippen molar-refractivity contribution in [1.29, 1.82) is 0 Å². The van der Waals surface area contributed by atoms with Crippen LogP contribution in [0.5, 0.6) is 0 Å². The summed E-state index contributed by atoms with van der Waals surface area (Å²) in [6, 6.07) is 5.05. The Morgan fingerprint density at radius 2 is 1.81 bits per heavy atom. The summed E-state index contributed by atoms with van der Waals surface area (Å²) < 4.78 is 5.35. The summed E-state index contributed by atoms with van der Waals surface area (Å²) >= 11 is 0. The summed E-state index contributed by atoms with van der Waals surface area (Å²) in [5.74, 6) is -1.43. The minimum Gasteiger partial charge on any atom is -0.444 e. The monoisotopic (exact) mass is 516 g/mol. The number of carbonyl (C=O) groups is 4. The van der Waals surface area contributed by atoms with E-state index in [1.807, 2.05) is 32.9 Å². The third kappa shape index (κ3) is 11.5. The largest absolute Gasteiger partial charge is 0.444 e. The number of nitrogens with one attached hydrogen (secondary N) is 2. The van der Waals surface area contributed by atoms with Crippen LogP contribution in [0.1, 0.15) is 90.8 Å². The van der Waals surface area contributed by atoms with Crippen molar-refractivity contribution >= 4 is 29.9 Å². The molecular formula is C28H44N4O5. The van der Waals surface area contributed by atoms with Crippen LogP contribution in [-0.4, -0.2) is 52.9 Å². The highest BCUT2D eigenvalue weighted by molar-refractivity contribution is 5.92. The van der Waals surface area contributed by atoms with E-state index in [0.29, 0.717) is 12.0 Å². The Labute approximate surface area is 221 Å². The highest BCUT2D eigenvalue weighted by atomic mass is 16.6. The molecule has 0 aliphatic carbocycles. The van der Waals surface area contributed by atoms with Crippen LogP contribution in [0.3, 0.4) is 0 Å². The Morgan fingerprint density at radius 1 is 1.14 bits per heavy atom. The fraction of sp³-hybridized carbons (Fsp3) is 0.571. The van der Waals surface area contributed by atoms with Crippen molar-refractivity contribution < 1.29 is 23.9 Å². The first-order chi connectivity index (χ1) is 17.3. The van der Waals surface area contributed by atoms with Crippen LogP contribution >= 0.6 is 0 Å². The number of ether oxygens (including phenoxy) is 1. The minimum atomic E-state index is -1.11. The lowest BCUT2D eigenvalue weighted by atomic mass is 9.99. The molecular weight excluding hydrogens is 472 g/mol. The van der Waals surface area contributed by atoms with Crippen LogP contribution in [0, 0.1) is 0 Å². The van der Waals surface area contributed by atoms with Crippen LogP contribution < -0.4 is 16.4 Å². The van der Waals surface area contributed by atoms with Gasteiger partial charge in [-0.25, -0.2) is 4.79 Å². The standard InChI is InChI=1S/C28H44N4O5/c1-8-10-11-17-32(24(25(34)30-19(3)4)21-14-12-13-20(9-2)18-21)26(35)22(15-16-23(29)33)31-27(36)37-28(5,6)7/h9,12-14,18-19,22,24H,2,8,10-11,15-17H2,1,3-7H3,(H2,29,33)(H,30,34)(H,31,36). The lowest BCUT2D eigenvalue weighted by Crippen LogP contribution is -2.54. The van der Waals surface area contributed by atoms with E-state index in [-0.39, 0.29) is 31.3 Å². The number of nitrogens with two attached hydrogens (primary N) is 1. The van der Waals surface area contributed by atoms with Crippen LogP contribution in [0.2, 0.25) is 0 Å². The Morgan fingerprint density at radius 3 is 2.35 bits per heavy atom. The van der Waals surface area contributed by atoms with Crippen molar-refractivity contribution in [2.24, 2.45) is 5.73 Å². The van der Waals surface area contributed by atoms with Gasteiger partial charge in [0.05, 0.1) is 0 Å². The Kier molecular flexibility index (Phi) is 12.9. The number of hydrogen-bond acceptors (Lipinski definition) is 5. The molecule has 0 radical (unpaired) electrons. The van der Waals surface area contributed by atoms with E-state index < -0.39 is 35.6 Å². The molecule has 37 heavy (non-hydrogen) atoms. The fourth-order valence-corrected chi connectivity index (χ4v) is 3.79. The van der Waals surface area contributed by atoms with Gasteiger partial charge >= 0.3 is 6.09 Å². The minimum absolute atomic E-state index is 0.0249. The second kappa shape index (κ2) is 15.0. The summed E-state index contributed by atoms with van der Waals surface area (Å²) in [5.41, 5.74) is 5.99. The maximum Gasteiger partial charge on any atom is 0.408 e. The van der Waals surface area contributed by atoms with E-state index in [2.05, 4.69) is 17.2 Å². The number of nitrogens with zero attached hydrogens (tertiary/aromatic N) is 1. The van der Waals surface area contributed by atoms with Crippen molar-refractivity contribution in [3.63, 3.8) is 0 Å². The average molecular weight is 517 g/mol. The van der Waals surface area contributed by atoms with E-state index >= 15 is 0 Å². The molecule has 0 spiro atoms. The quantitative estimate of drug-likeness (QED) is 0.321. The van der Waals surface area contributed by atoms with Gasteiger partial charge in [-0.2, -0.15) is 0 Å². The van der Waals surface area contributed by atoms with Gasteiger partial charge in [-0.15, -0.1) is 0 Å². The molecule has 9 nitrogen and oxygen atoms in total. The van der Waals surface area contributed by atoms with Gasteiger partial charge in [0.1, 0.15) is 17.7 Å². The number of unbranched alkanes of at least 4 members (excludes halogenated alkanes) is 2. The van der Waals surface area contributed by atoms with Gasteiger partial charge < -0.3 is 26.0 Å². The third-order valence-corrected chi connectivity index (χ3v) is 5.41. The van der Waals surface area contributed by atoms with E-state index in [9.17, 15) is 19.2 Å². The summed E-state index contributed by atoms with van der Waals surface area (Å²) in [7, 11) is 0. The summed E-state index contributed by atoms with van der Waals surface area (Å²) in [5, 5.41) is 5.52. The molecule has 0 bridgehead atoms. The molecule has 0 aromatic heterocycles. The highest BCUT2D eigenvalue weighted by Gasteiger charge is 2.36. The zero-order valence-electron chi connectivity index (χ0n) is 23.1. The molecule has 0 aliphatic rings. The van der Waals surface area contributed by atoms with Crippen molar-refractivity contribution in [2.45, 2.75) is 97.4 Å². The molecule has 0 saturated carbocycles. The predicted molar refractivity (Wildman–Crippen MR) is 145 cm³/mol. The number of rotatable bonds is 14. The summed E-state index contributed by atoms with van der Waals surface area (Å²) in [4.78, 5) is 53.2. The van der Waals surface area contributed by atoms with Gasteiger partial charge in [-0.05, 0) is 64.7 Å². The molecule has 1 rings (SSSR count). The Hall–Kier alpha value is -3.36. The molecule has 0 fully saturated rings. The molecule has 0 heterocycles. The van der Waals surface area contributed by atoms with Gasteiger partial charge in [0.25, 0.3) is 0 Å². The van der Waals surface area contributed by atoms with E-state index in [4.69, 9.17) is 10.5 Å². The number of benzene rings is 1. The van der Waals surface area contributed by atoms with E-state index in [0.717, 1.165) is 18.4 Å². The van der Waals surface area contributed by atoms with Crippen LogP contribution in [0.15, 0.2) is 30.8 Å². The van der Waals surface area contributed by atoms with Gasteiger partial charge in [-0.1, -0.05) is 50.6 Å². The van der Waals surface area contributed by atoms with Crippen molar-refractivity contribution in [3.05, 3.63) is 42.0 Å². The normalized spacial score (nSPS) is 12.8. The van der Waals surface area contributed by atoms with Gasteiger partial charge in [-0.3, -0.25) is 14.4 Å². The topological polar surface area (TPSA) is 131 Å². The molecule has 2 unspecified atom stereocenters. The summed E-state index contributed by atoms with van der Waals surface area (Å²) in [6.45, 7) is 15.0. The molecule has 0 aliphatic heterocycles. The number of hydrogen-bond donors (Lipinski definition) is 3. The number of carbonyl (C=O) groups excluding carboxylic acids is 4. The molecule has 4 N–H and O–H groups in total. The Bertz CT molecular complexity index is 939. The SMILES string of the molecule is C=Cc1cccc(C(C(=O)NC(C)C)N(CCCCC)C(=O)C(CCC(N)=O)NC(=O)OC(C)(C)C)c1. The van der Waals surface area contributed by atoms with E-state index in [1.165, 1.54) is 4.90 Å². The van der Waals surface area contributed by atoms with Crippen molar-refractivity contribution in [3.8, 4) is 0 Å². The fourth-order valence-electron chi connectivity index (χ4n) is 3.79. The third-order valence-electron chi connectivity index (χ3n) is 5.41. The van der Waals surface area contributed by atoms with Crippen molar-refractivity contribution in [2.75, 3.05) is 6.54 Å². The molecule has 2 atom stereocenters. The first-order valence-electron chi connectivity index (χ1n) is 12.9. The molecule has 0 saturated heterocycles. The Balaban J connectivity index is 3.53. The van der Waals surface area contributed by atoms with Crippen LogP contribution in [0.4, 0.5) is 4.79 Å². The lowest BCUT2D eigenvalue weighted by Gasteiger charge is -2.35. The second-order valence-corrected chi connectivity index (χ2v) is 10.4. The number of primary amides is 1. The smallest absolute Gasteiger partial charge is 0.408 e. The zero-order chi connectivity index (χ0) is 28.2. The number of alkyl carbamates (subject to hydrolysis) is 1. The molecule has 4 amide bonds. The molecule has 206 valence electrons. The lowest BCUT2D eigenvalue weighted by molar-refractivity contribution is -0.143. The predicted octanol–water partition coefficient (Wildman–Crippen LogP) is 4.07. The first kappa shape index (κ1) is 31.7. The second-order valence-electron chi connectivity index (χ2n) is 10.4. The highest BCUT2D eigenvalue weighted by Crippen LogP contribution is 2.25. The maximum atomic E-state index is 14.0. The number of amides is 4. The van der Waals surface area contributed by atoms with Gasteiger partial charge in [0, 0.05) is 19.0 Å². The summed E-state index contributed by atoms with van der Waals surface area (Å²) in [6.07, 6.45) is 3.15. The van der Waals surface area contributed by atoms with E-state index in [1.54, 1.807) is 39.0 Å². The molecule has 9 heteroatoms. The zero-order valence-corrected chi connectivity index (χ0v) is 23.1.